The molecule has 1 saturated heterocycles. The van der Waals surface area contributed by atoms with Crippen molar-refractivity contribution in [3.63, 3.8) is 0 Å². The first-order valence-electron chi connectivity index (χ1n) is 9.77. The molecule has 1 aliphatic carbocycles. The maximum Gasteiger partial charge on any atom is 0.256 e. The highest BCUT2D eigenvalue weighted by Crippen LogP contribution is 2.31. The molecule has 4 rings (SSSR count). The Labute approximate surface area is 173 Å². The minimum absolute atomic E-state index is 0.0631. The molecule has 2 aromatic rings. The summed E-state index contributed by atoms with van der Waals surface area (Å²) in [5.41, 5.74) is 0.709. The molecule has 9 heteroatoms. The summed E-state index contributed by atoms with van der Waals surface area (Å²) in [7, 11) is -3.06. The summed E-state index contributed by atoms with van der Waals surface area (Å²) in [6.45, 7) is 0. The first-order valence-corrected chi connectivity index (χ1v) is 12.6. The van der Waals surface area contributed by atoms with E-state index in [9.17, 15) is 17.6 Å². The van der Waals surface area contributed by atoms with E-state index in [2.05, 4.69) is 4.98 Å². The van der Waals surface area contributed by atoms with Crippen LogP contribution in [0, 0.1) is 5.82 Å². The molecule has 156 valence electrons. The van der Waals surface area contributed by atoms with Gasteiger partial charge in [-0.2, -0.15) is 0 Å². The number of amides is 1. The summed E-state index contributed by atoms with van der Waals surface area (Å²) in [5, 5.41) is 0.364. The van der Waals surface area contributed by atoms with Crippen LogP contribution in [0.5, 0.6) is 0 Å². The average Bonchev–Trinajstić information content (AvgIpc) is 3.43. The van der Waals surface area contributed by atoms with Gasteiger partial charge in [-0.3, -0.25) is 4.79 Å². The fourth-order valence-electron chi connectivity index (χ4n) is 4.15. The molecule has 1 aromatic carbocycles. The Hall–Kier alpha value is -1.87. The van der Waals surface area contributed by atoms with Crippen LogP contribution in [0.3, 0.4) is 0 Å². The predicted molar refractivity (Wildman–Crippen MR) is 109 cm³/mol. The molecule has 1 amide bonds. The monoisotopic (exact) mass is 438 g/mol. The molecular formula is C20H23FN2O4S2. The van der Waals surface area contributed by atoms with Crippen LogP contribution in [0.25, 0.3) is 11.3 Å². The highest BCUT2D eigenvalue weighted by molar-refractivity contribution is 7.99. The Morgan fingerprint density at radius 2 is 1.90 bits per heavy atom. The number of thioether (sulfide) groups is 1. The van der Waals surface area contributed by atoms with Gasteiger partial charge in [-0.25, -0.2) is 17.8 Å². The second-order valence-electron chi connectivity index (χ2n) is 7.58. The van der Waals surface area contributed by atoms with Crippen LogP contribution < -0.4 is 0 Å². The van der Waals surface area contributed by atoms with E-state index in [4.69, 9.17) is 4.42 Å². The average molecular weight is 439 g/mol. The lowest BCUT2D eigenvalue weighted by molar-refractivity contribution is -0.132. The van der Waals surface area contributed by atoms with Gasteiger partial charge in [0.05, 0.1) is 23.5 Å². The second-order valence-corrected chi connectivity index (χ2v) is 10.7. The number of sulfone groups is 1. The van der Waals surface area contributed by atoms with Crippen LogP contribution in [0.4, 0.5) is 4.39 Å². The van der Waals surface area contributed by atoms with Crippen LogP contribution in [0.15, 0.2) is 40.1 Å². The molecule has 1 saturated carbocycles. The predicted octanol–water partition coefficient (Wildman–Crippen LogP) is 3.53. The maximum absolute atomic E-state index is 13.1. The summed E-state index contributed by atoms with van der Waals surface area (Å²) in [5.74, 6) is 0.487. The van der Waals surface area contributed by atoms with Gasteiger partial charge in [-0.05, 0) is 43.5 Å². The molecule has 1 aromatic heterocycles. The van der Waals surface area contributed by atoms with Crippen molar-refractivity contribution in [1.29, 1.82) is 0 Å². The Kier molecular flexibility index (Phi) is 5.96. The second kappa shape index (κ2) is 8.47. The fourth-order valence-corrected chi connectivity index (χ4v) is 6.54. The van der Waals surface area contributed by atoms with Crippen LogP contribution in [0.2, 0.25) is 0 Å². The molecule has 1 unspecified atom stereocenters. The van der Waals surface area contributed by atoms with Crippen LogP contribution in [-0.2, 0) is 14.6 Å². The van der Waals surface area contributed by atoms with E-state index < -0.39 is 9.84 Å². The lowest BCUT2D eigenvalue weighted by Gasteiger charge is -2.34. The van der Waals surface area contributed by atoms with Gasteiger partial charge in [0.1, 0.15) is 5.82 Å². The van der Waals surface area contributed by atoms with E-state index >= 15 is 0 Å². The number of hydrogen-bond donors (Lipinski definition) is 0. The van der Waals surface area contributed by atoms with E-state index in [1.807, 2.05) is 4.90 Å². The number of oxazole rings is 1. The Bertz CT molecular complexity index is 969. The van der Waals surface area contributed by atoms with Gasteiger partial charge in [0.25, 0.3) is 5.22 Å². The van der Waals surface area contributed by atoms with Crippen molar-refractivity contribution in [3.05, 3.63) is 36.3 Å². The number of carbonyl (C=O) groups is 1. The van der Waals surface area contributed by atoms with E-state index in [0.717, 1.165) is 25.7 Å². The highest BCUT2D eigenvalue weighted by atomic mass is 32.2. The molecule has 2 aliphatic rings. The third-order valence-electron chi connectivity index (χ3n) is 5.54. The molecule has 0 N–H and O–H groups in total. The number of rotatable bonds is 6. The van der Waals surface area contributed by atoms with E-state index in [0.29, 0.717) is 23.0 Å². The summed E-state index contributed by atoms with van der Waals surface area (Å²) in [6.07, 6.45) is 6.08. The lowest BCUT2D eigenvalue weighted by Crippen LogP contribution is -2.47. The smallest absolute Gasteiger partial charge is 0.256 e. The normalized spacial score (nSPS) is 21.5. The summed E-state index contributed by atoms with van der Waals surface area (Å²) < 4.78 is 42.6. The SMILES string of the molecule is O=C(CSc1ncc(-c2ccc(F)cc2)o1)N(C1CCCC1)C1CCS(=O)(=O)C1. The van der Waals surface area contributed by atoms with Gasteiger partial charge < -0.3 is 9.32 Å². The van der Waals surface area contributed by atoms with Gasteiger partial charge in [0.15, 0.2) is 15.6 Å². The van der Waals surface area contributed by atoms with Crippen LogP contribution in [-0.4, -0.2) is 53.6 Å². The van der Waals surface area contributed by atoms with Crippen molar-refractivity contribution in [2.45, 2.75) is 49.4 Å². The third kappa shape index (κ3) is 4.83. The highest BCUT2D eigenvalue weighted by Gasteiger charge is 2.38. The topological polar surface area (TPSA) is 80.5 Å². The molecule has 2 heterocycles. The number of nitrogens with zero attached hydrogens (tertiary/aromatic N) is 2. The zero-order valence-corrected chi connectivity index (χ0v) is 17.6. The number of aromatic nitrogens is 1. The third-order valence-corrected chi connectivity index (χ3v) is 8.12. The summed E-state index contributed by atoms with van der Waals surface area (Å²) in [4.78, 5) is 19.0. The van der Waals surface area contributed by atoms with Crippen molar-refractivity contribution >= 4 is 27.5 Å². The molecule has 0 radical (unpaired) electrons. The zero-order valence-electron chi connectivity index (χ0n) is 15.9. The van der Waals surface area contributed by atoms with E-state index in [-0.39, 0.29) is 41.1 Å². The Morgan fingerprint density at radius 3 is 2.55 bits per heavy atom. The number of halogens is 1. The zero-order chi connectivity index (χ0) is 20.4. The largest absolute Gasteiger partial charge is 0.431 e. The van der Waals surface area contributed by atoms with Gasteiger partial charge in [0, 0.05) is 17.6 Å². The van der Waals surface area contributed by atoms with Crippen molar-refractivity contribution in [3.8, 4) is 11.3 Å². The molecule has 1 atom stereocenters. The first-order chi connectivity index (χ1) is 13.9. The Balaban J connectivity index is 1.42. The maximum atomic E-state index is 13.1. The standard InChI is InChI=1S/C20H23FN2O4S2/c21-15-7-5-14(6-8-15)18-11-22-20(27-18)28-12-19(24)23(16-3-1-2-4-16)17-9-10-29(25,26)13-17/h5-8,11,16-17H,1-4,9-10,12-13H2. The molecular weight excluding hydrogens is 415 g/mol. The first kappa shape index (κ1) is 20.4. The van der Waals surface area contributed by atoms with Gasteiger partial charge >= 0.3 is 0 Å². The van der Waals surface area contributed by atoms with Crippen molar-refractivity contribution in [2.24, 2.45) is 0 Å². The summed E-state index contributed by atoms with van der Waals surface area (Å²) in [6, 6.07) is 5.82. The summed E-state index contributed by atoms with van der Waals surface area (Å²) >= 11 is 1.20. The quantitative estimate of drug-likeness (QED) is 0.642. The van der Waals surface area contributed by atoms with Gasteiger partial charge in [-0.1, -0.05) is 24.6 Å². The van der Waals surface area contributed by atoms with Gasteiger partial charge in [-0.15, -0.1) is 0 Å². The fraction of sp³-hybridized carbons (Fsp3) is 0.500. The van der Waals surface area contributed by atoms with Crippen LogP contribution in [0.1, 0.15) is 32.1 Å². The number of carbonyl (C=O) groups excluding carboxylic acids is 1. The minimum atomic E-state index is -3.06. The number of benzene rings is 1. The van der Waals surface area contributed by atoms with E-state index in [1.54, 1.807) is 18.3 Å². The molecule has 0 spiro atoms. The Morgan fingerprint density at radius 1 is 1.17 bits per heavy atom. The molecule has 1 aliphatic heterocycles. The van der Waals surface area contributed by atoms with Crippen LogP contribution >= 0.6 is 11.8 Å². The van der Waals surface area contributed by atoms with Crippen molar-refractivity contribution in [2.75, 3.05) is 17.3 Å². The molecule has 0 bridgehead atoms. The van der Waals surface area contributed by atoms with Gasteiger partial charge in [0.2, 0.25) is 5.91 Å². The molecule has 2 fully saturated rings. The molecule has 29 heavy (non-hydrogen) atoms. The number of hydrogen-bond acceptors (Lipinski definition) is 6. The lowest BCUT2D eigenvalue weighted by atomic mass is 10.1. The minimum Gasteiger partial charge on any atom is -0.431 e. The van der Waals surface area contributed by atoms with Crippen molar-refractivity contribution in [1.82, 2.24) is 9.88 Å². The van der Waals surface area contributed by atoms with Crippen molar-refractivity contribution < 1.29 is 22.0 Å². The van der Waals surface area contributed by atoms with E-state index in [1.165, 1.54) is 23.9 Å². The molecule has 6 nitrogen and oxygen atoms in total.